The van der Waals surface area contributed by atoms with Crippen LogP contribution in [0, 0.1) is 0 Å². The zero-order valence-electron chi connectivity index (χ0n) is 31.9. The molecule has 5 rings (SSSR count). The lowest BCUT2D eigenvalue weighted by Gasteiger charge is -2.38. The first kappa shape index (κ1) is 38.1. The molecule has 1 atom stereocenters. The first-order chi connectivity index (χ1) is 22.5. The summed E-state index contributed by atoms with van der Waals surface area (Å²) < 4.78 is 19.3. The smallest absolute Gasteiger partial charge is 0.180 e. The summed E-state index contributed by atoms with van der Waals surface area (Å²) in [5, 5.41) is 5.66. The Labute approximate surface area is 304 Å². The molecule has 0 aliphatic rings. The van der Waals surface area contributed by atoms with Crippen molar-refractivity contribution in [2.75, 3.05) is 0 Å². The largest absolute Gasteiger partial charge is 0.456 e. The summed E-state index contributed by atoms with van der Waals surface area (Å²) in [5.74, 6) is 0. The number of hydrogen-bond acceptors (Lipinski definition) is 4. The van der Waals surface area contributed by atoms with Gasteiger partial charge in [-0.3, -0.25) is 0 Å². The Kier molecular flexibility index (Phi) is 12.1. The monoisotopic (exact) mass is 750 g/mol. The lowest BCUT2D eigenvalue weighted by atomic mass is 10.0. The van der Waals surface area contributed by atoms with Crippen LogP contribution >= 0.6 is 22.7 Å². The molecule has 0 saturated heterocycles. The van der Waals surface area contributed by atoms with Gasteiger partial charge in [0, 0.05) is 36.5 Å². The highest BCUT2D eigenvalue weighted by atomic mass is 32.1. The second-order valence-electron chi connectivity index (χ2n) is 17.4. The van der Waals surface area contributed by atoms with E-state index in [2.05, 4.69) is 121 Å². The van der Waals surface area contributed by atoms with Crippen LogP contribution in [0.25, 0.3) is 40.3 Å². The van der Waals surface area contributed by atoms with Gasteiger partial charge in [0.05, 0.1) is 9.40 Å². The van der Waals surface area contributed by atoms with Crippen molar-refractivity contribution in [3.63, 3.8) is 0 Å². The third-order valence-electron chi connectivity index (χ3n) is 9.65. The van der Waals surface area contributed by atoms with E-state index in [1.807, 2.05) is 22.7 Å². The Morgan fingerprint density at radius 2 is 1.15 bits per heavy atom. The maximum atomic E-state index is 6.99. The van der Waals surface area contributed by atoms with Gasteiger partial charge in [-0.1, -0.05) is 81.8 Å². The van der Waals surface area contributed by atoms with Gasteiger partial charge in [0.1, 0.15) is 0 Å². The molecule has 3 aromatic carbocycles. The Morgan fingerprint density at radius 1 is 0.583 bits per heavy atom. The van der Waals surface area contributed by atoms with Crippen LogP contribution in [0.1, 0.15) is 75.0 Å². The predicted molar refractivity (Wildman–Crippen MR) is 230 cm³/mol. The average molecular weight is 751 g/mol. The maximum Gasteiger partial charge on any atom is 0.180 e. The number of benzene rings is 3. The lowest BCUT2D eigenvalue weighted by Crippen LogP contribution is -2.47. The Morgan fingerprint density at radius 3 is 1.75 bits per heavy atom. The van der Waals surface area contributed by atoms with Gasteiger partial charge in [0.2, 0.25) is 0 Å². The molecule has 2 nitrogen and oxygen atoms in total. The highest BCUT2D eigenvalue weighted by molar-refractivity contribution is 7.33. The second-order valence-corrected chi connectivity index (χ2v) is 37.5. The Hall–Kier alpha value is -1.11. The van der Waals surface area contributed by atoms with E-state index in [1.54, 1.807) is 0 Å². The fourth-order valence-corrected chi connectivity index (χ4v) is 27.5. The van der Waals surface area contributed by atoms with Gasteiger partial charge in [-0.05, 0) is 114 Å². The summed E-state index contributed by atoms with van der Waals surface area (Å²) in [5.41, 5.74) is 3.53. The van der Waals surface area contributed by atoms with Crippen molar-refractivity contribution in [3.05, 3.63) is 59.7 Å². The molecule has 0 N–H and O–H groups in total. The summed E-state index contributed by atoms with van der Waals surface area (Å²) in [6.07, 6.45) is 11.5. The van der Waals surface area contributed by atoms with Gasteiger partial charge in [-0.2, -0.15) is 0 Å². The third kappa shape index (κ3) is 9.60. The third-order valence-corrected chi connectivity index (χ3v) is 25.2. The standard InChI is InChI=1S/C40H62O2S2Si4/c1-12-13-16-20-38(48(10,11)42-46(5,6)7)31-22-24-33-35-26-25-34-32-23-21-30(28-36(32)43-39(34)40(35)44-37(33)29-31)19-17-14-15-18-27-47(8,9)41-45(2,3)4/h21-26,28-29,38H,12-20,27H2,1-11H3. The molecule has 2 aromatic heterocycles. The van der Waals surface area contributed by atoms with Gasteiger partial charge >= 0.3 is 0 Å². The normalized spacial score (nSPS) is 14.2. The van der Waals surface area contributed by atoms with Crippen LogP contribution in [0.2, 0.25) is 71.5 Å². The topological polar surface area (TPSA) is 18.5 Å². The molecule has 0 amide bonds. The van der Waals surface area contributed by atoms with Crippen molar-refractivity contribution in [1.82, 2.24) is 0 Å². The van der Waals surface area contributed by atoms with Gasteiger partial charge in [0.25, 0.3) is 0 Å². The van der Waals surface area contributed by atoms with Crippen LogP contribution in [0.15, 0.2) is 48.5 Å². The number of fused-ring (bicyclic) bond motifs is 7. The second kappa shape index (κ2) is 15.2. The Balaban J connectivity index is 1.34. The van der Waals surface area contributed by atoms with E-state index in [-0.39, 0.29) is 0 Å². The highest BCUT2D eigenvalue weighted by Crippen LogP contribution is 2.46. The van der Waals surface area contributed by atoms with Crippen LogP contribution in [-0.4, -0.2) is 33.3 Å². The molecular formula is C40H62O2S2Si4. The SMILES string of the molecule is CCCCCC(c1ccc2c(c1)sc1c2ccc2c3ccc(CCCCCC[Si](C)(C)O[Si](C)(C)C)cc3sc21)[Si](C)(C)O[Si](C)(C)C. The Bertz CT molecular complexity index is 1840. The molecule has 2 heterocycles. The maximum absolute atomic E-state index is 6.99. The van der Waals surface area contributed by atoms with Crippen molar-refractivity contribution in [2.45, 2.75) is 142 Å². The first-order valence-electron chi connectivity index (χ1n) is 18.7. The number of thiophene rings is 2. The van der Waals surface area contributed by atoms with Crippen molar-refractivity contribution in [1.29, 1.82) is 0 Å². The van der Waals surface area contributed by atoms with E-state index in [9.17, 15) is 0 Å². The molecule has 0 radical (unpaired) electrons. The summed E-state index contributed by atoms with van der Waals surface area (Å²) >= 11 is 4.02. The summed E-state index contributed by atoms with van der Waals surface area (Å²) in [6, 6.07) is 20.8. The number of rotatable bonds is 17. The van der Waals surface area contributed by atoms with E-state index in [0.717, 1.165) is 0 Å². The van der Waals surface area contributed by atoms with Crippen LogP contribution < -0.4 is 0 Å². The predicted octanol–water partition coefficient (Wildman–Crippen LogP) is 14.8. The molecule has 0 saturated carbocycles. The van der Waals surface area contributed by atoms with Gasteiger partial charge in [-0.15, -0.1) is 22.7 Å². The summed E-state index contributed by atoms with van der Waals surface area (Å²) in [6.45, 7) is 26.1. The first-order valence-corrected chi connectivity index (χ1v) is 33.2. The minimum absolute atomic E-state index is 0.533. The number of unbranched alkanes of at least 4 members (excludes halogenated alkanes) is 5. The highest BCUT2D eigenvalue weighted by Gasteiger charge is 2.38. The molecule has 0 aliphatic heterocycles. The molecule has 0 fully saturated rings. The summed E-state index contributed by atoms with van der Waals surface area (Å²) in [7, 11) is -6.50. The number of aryl methyl sites for hydroxylation is 1. The molecule has 0 aliphatic carbocycles. The molecule has 5 aromatic rings. The average Bonchev–Trinajstić information content (AvgIpc) is 3.52. The van der Waals surface area contributed by atoms with Crippen molar-refractivity contribution in [2.24, 2.45) is 0 Å². The van der Waals surface area contributed by atoms with Crippen LogP contribution in [0.5, 0.6) is 0 Å². The number of hydrogen-bond donors (Lipinski definition) is 0. The van der Waals surface area contributed by atoms with E-state index >= 15 is 0 Å². The zero-order valence-corrected chi connectivity index (χ0v) is 37.5. The van der Waals surface area contributed by atoms with E-state index in [4.69, 9.17) is 8.23 Å². The fourth-order valence-electron chi connectivity index (χ4n) is 7.99. The molecule has 8 heteroatoms. The molecular weight excluding hydrogens is 689 g/mol. The molecule has 0 spiro atoms. The van der Waals surface area contributed by atoms with Gasteiger partial charge < -0.3 is 8.23 Å². The van der Waals surface area contributed by atoms with Crippen LogP contribution in [-0.2, 0) is 14.7 Å². The van der Waals surface area contributed by atoms with Crippen LogP contribution in [0.4, 0.5) is 0 Å². The lowest BCUT2D eigenvalue weighted by molar-refractivity contribution is 0.509. The van der Waals surface area contributed by atoms with E-state index in [1.165, 1.54) is 115 Å². The summed E-state index contributed by atoms with van der Waals surface area (Å²) in [4.78, 5) is 0. The molecule has 1 unspecified atom stereocenters. The van der Waals surface area contributed by atoms with Gasteiger partial charge in [-0.25, -0.2) is 0 Å². The molecule has 262 valence electrons. The van der Waals surface area contributed by atoms with Crippen molar-refractivity contribution < 1.29 is 8.23 Å². The molecule has 0 bridgehead atoms. The van der Waals surface area contributed by atoms with Crippen molar-refractivity contribution in [3.8, 4) is 0 Å². The minimum atomic E-state index is -1.92. The quantitative estimate of drug-likeness (QED) is 0.0696. The van der Waals surface area contributed by atoms with E-state index in [0.29, 0.717) is 5.54 Å². The molecule has 48 heavy (non-hydrogen) atoms. The van der Waals surface area contributed by atoms with E-state index < -0.39 is 33.3 Å². The minimum Gasteiger partial charge on any atom is -0.456 e. The van der Waals surface area contributed by atoms with Gasteiger partial charge in [0.15, 0.2) is 33.3 Å². The van der Waals surface area contributed by atoms with Crippen molar-refractivity contribution >= 4 is 96.3 Å². The fraction of sp³-hybridized carbons (Fsp3) is 0.550. The van der Waals surface area contributed by atoms with Crippen LogP contribution in [0.3, 0.4) is 0 Å². The zero-order chi connectivity index (χ0) is 34.9.